The van der Waals surface area contributed by atoms with Crippen LogP contribution in [0.4, 0.5) is 0 Å². The van der Waals surface area contributed by atoms with Gasteiger partial charge in [0, 0.05) is 46.9 Å². The third-order valence-corrected chi connectivity index (χ3v) is 34.9. The summed E-state index contributed by atoms with van der Waals surface area (Å²) in [7, 11) is -7.42. The fourth-order valence-electron chi connectivity index (χ4n) is 12.3. The molecule has 0 saturated heterocycles. The first kappa shape index (κ1) is 70.7. The molecule has 6 aromatic carbocycles. The molecular weight excluding hydrogens is 1150 g/mol. The van der Waals surface area contributed by atoms with Crippen molar-refractivity contribution in [3.8, 4) is 0 Å². The van der Waals surface area contributed by atoms with E-state index in [0.29, 0.717) is 19.8 Å². The van der Waals surface area contributed by atoms with E-state index >= 15 is 0 Å². The minimum Gasteiger partial charge on any atom is -0.407 e. The van der Waals surface area contributed by atoms with Gasteiger partial charge in [-0.15, -0.1) is 0 Å². The minimum atomic E-state index is -2.49. The van der Waals surface area contributed by atoms with Gasteiger partial charge in [0.2, 0.25) is 0 Å². The largest absolute Gasteiger partial charge is 0.407 e. The molecule has 6 N–H and O–H groups in total. The highest BCUT2D eigenvalue weighted by Gasteiger charge is 2.57. The summed E-state index contributed by atoms with van der Waals surface area (Å²) in [6.07, 6.45) is 10.6. The summed E-state index contributed by atoms with van der Waals surface area (Å²) in [5.41, 5.74) is -0.451. The quantitative estimate of drug-likeness (QED) is 0.0285. The highest BCUT2D eigenvalue weighted by atomic mass is 28.4. The molecular formula is C75H106O10Si3. The summed E-state index contributed by atoms with van der Waals surface area (Å²) in [5, 5.41) is 62.3. The van der Waals surface area contributed by atoms with Crippen molar-refractivity contribution >= 4 is 62.4 Å². The summed E-state index contributed by atoms with van der Waals surface area (Å²) >= 11 is 0. The van der Waals surface area contributed by atoms with Crippen LogP contribution < -0.4 is 31.1 Å². The highest BCUT2D eigenvalue weighted by Crippen LogP contribution is 2.52. The average molecular weight is 1250 g/mol. The lowest BCUT2D eigenvalue weighted by Gasteiger charge is -2.44. The van der Waals surface area contributed by atoms with E-state index in [1.54, 1.807) is 6.92 Å². The summed E-state index contributed by atoms with van der Waals surface area (Å²) < 4.78 is 20.6. The number of carbonyl (C=O) groups is 1. The second-order valence-electron chi connectivity index (χ2n) is 29.5. The van der Waals surface area contributed by atoms with Gasteiger partial charge in [0.15, 0.2) is 0 Å². The van der Waals surface area contributed by atoms with Crippen LogP contribution in [-0.4, -0.2) is 120 Å². The standard InChI is InChI=1S/C22H30O2Si.C21H28O2Si.C21H26O2Si.C6H12O2.C5H10O2/c1-18(23)22(15-16-22)17-24-25(21(2,3)4,19-11-7-5-8-12-19)20-13-9-6-10-14-20;2*1-20(2,3)24(18-10-6-4-7-11-18,19-12-8-5-9-13-19)23-17-21(16-22)14-15-21;1-5(8)6(4-7)2-3-6;6-3-5(4-7)1-2-5/h5-14,18,23H,15-17H2,1-4H3;4-13,22H,14-17H2,1-3H3;4-13,16H,14-15,17H2,1-3H3;5,7-8H,2-4H2,1H3;6-7H,1-4H2. The van der Waals surface area contributed by atoms with E-state index in [4.69, 9.17) is 33.7 Å². The monoisotopic (exact) mass is 1250 g/mol. The van der Waals surface area contributed by atoms with Gasteiger partial charge < -0.3 is 48.7 Å². The Morgan fingerprint density at radius 2 is 0.614 bits per heavy atom. The topological polar surface area (TPSA) is 166 Å². The molecule has 5 aliphatic rings. The Balaban J connectivity index is 0.000000168. The third-order valence-electron chi connectivity index (χ3n) is 19.9. The number of hydrogen-bond acceptors (Lipinski definition) is 10. The van der Waals surface area contributed by atoms with Gasteiger partial charge in [-0.05, 0) is 124 Å². The highest BCUT2D eigenvalue weighted by molar-refractivity contribution is 7.00. The zero-order valence-corrected chi connectivity index (χ0v) is 57.9. The van der Waals surface area contributed by atoms with E-state index in [1.165, 1.54) is 31.1 Å². The van der Waals surface area contributed by atoms with Crippen molar-refractivity contribution in [1.82, 2.24) is 0 Å². The van der Waals surface area contributed by atoms with E-state index in [-0.39, 0.29) is 80.8 Å². The van der Waals surface area contributed by atoms with Crippen molar-refractivity contribution in [3.63, 3.8) is 0 Å². The first-order valence-corrected chi connectivity index (χ1v) is 38.0. The van der Waals surface area contributed by atoms with Gasteiger partial charge in [0.05, 0.1) is 38.6 Å². The van der Waals surface area contributed by atoms with Crippen molar-refractivity contribution in [2.24, 2.45) is 27.1 Å². The minimum absolute atomic E-state index is 0.00123. The lowest BCUT2D eigenvalue weighted by molar-refractivity contribution is -0.113. The Morgan fingerprint density at radius 3 is 0.773 bits per heavy atom. The molecule has 478 valence electrons. The maximum Gasteiger partial charge on any atom is 0.261 e. The number of carbonyl (C=O) groups excluding carboxylic acids is 1. The van der Waals surface area contributed by atoms with Crippen LogP contribution in [-0.2, 0) is 18.1 Å². The van der Waals surface area contributed by atoms with Crippen molar-refractivity contribution in [2.75, 3.05) is 46.2 Å². The molecule has 5 saturated carbocycles. The first-order valence-electron chi connectivity index (χ1n) is 32.2. The molecule has 6 aromatic rings. The molecule has 88 heavy (non-hydrogen) atoms. The summed E-state index contributed by atoms with van der Waals surface area (Å²) in [6, 6.07) is 64.0. The summed E-state index contributed by atoms with van der Waals surface area (Å²) in [4.78, 5) is 11.5. The first-order chi connectivity index (χ1) is 41.7. The smallest absolute Gasteiger partial charge is 0.261 e. The van der Waals surface area contributed by atoms with E-state index < -0.39 is 25.0 Å². The average Bonchev–Trinajstić information content (AvgIpc) is 1.65. The molecule has 0 aromatic heterocycles. The number of hydrogen-bond donors (Lipinski definition) is 6. The molecule has 2 unspecified atom stereocenters. The molecule has 11 rings (SSSR count). The SMILES string of the molecule is CC(C)(C)[Si](OCC1(C=O)CC1)(c1ccccc1)c1ccccc1.CC(C)(C)[Si](OCC1(CO)CC1)(c1ccccc1)c1ccccc1.CC(O)C1(CO)CC1.CC(O)C1(CO[Si](c2ccccc2)(c2ccccc2)C(C)(C)C)CC1.OCC1(CO)CC1. The van der Waals surface area contributed by atoms with Gasteiger partial charge in [-0.25, -0.2) is 0 Å². The maximum atomic E-state index is 11.5. The second kappa shape index (κ2) is 29.3. The van der Waals surface area contributed by atoms with Gasteiger partial charge in [0.25, 0.3) is 25.0 Å². The number of aliphatic hydroxyl groups is 6. The van der Waals surface area contributed by atoms with Crippen LogP contribution in [0.1, 0.15) is 140 Å². The Hall–Kier alpha value is -4.72. The van der Waals surface area contributed by atoms with Crippen LogP contribution in [0.25, 0.3) is 0 Å². The van der Waals surface area contributed by atoms with Gasteiger partial charge >= 0.3 is 0 Å². The predicted octanol–water partition coefficient (Wildman–Crippen LogP) is 10.5. The lowest BCUT2D eigenvalue weighted by atomic mass is 10.0. The van der Waals surface area contributed by atoms with Crippen LogP contribution >= 0.6 is 0 Å². The number of rotatable bonds is 22. The van der Waals surface area contributed by atoms with Crippen LogP contribution in [0, 0.1) is 27.1 Å². The molecule has 0 radical (unpaired) electrons. The van der Waals surface area contributed by atoms with E-state index in [0.717, 1.165) is 70.5 Å². The van der Waals surface area contributed by atoms with E-state index in [9.17, 15) is 15.0 Å². The molecule has 5 aliphatic carbocycles. The van der Waals surface area contributed by atoms with Crippen LogP contribution in [0.2, 0.25) is 15.1 Å². The van der Waals surface area contributed by atoms with Crippen LogP contribution in [0.3, 0.4) is 0 Å². The van der Waals surface area contributed by atoms with E-state index in [1.807, 2.05) is 19.1 Å². The van der Waals surface area contributed by atoms with E-state index in [2.05, 4.69) is 232 Å². The summed E-state index contributed by atoms with van der Waals surface area (Å²) in [5.74, 6) is 0. The molecule has 0 bridgehead atoms. The Labute approximate surface area is 531 Å². The Bertz CT molecular complexity index is 2890. The maximum absolute atomic E-state index is 11.5. The molecule has 13 heteroatoms. The normalized spacial score (nSPS) is 18.7. The molecule has 0 amide bonds. The van der Waals surface area contributed by atoms with Crippen LogP contribution in [0.15, 0.2) is 182 Å². The lowest BCUT2D eigenvalue weighted by Crippen LogP contribution is -2.67. The zero-order valence-electron chi connectivity index (χ0n) is 54.9. The third kappa shape index (κ3) is 16.3. The van der Waals surface area contributed by atoms with Gasteiger partial charge in [-0.1, -0.05) is 244 Å². The number of benzene rings is 6. The molecule has 10 nitrogen and oxygen atoms in total. The van der Waals surface area contributed by atoms with Crippen molar-refractivity contribution in [2.45, 2.75) is 168 Å². The number of aliphatic hydroxyl groups excluding tert-OH is 6. The zero-order chi connectivity index (χ0) is 64.2. The second-order valence-corrected chi connectivity index (χ2v) is 42.5. The Kier molecular flexibility index (Phi) is 23.5. The number of aldehydes is 1. The molecule has 2 atom stereocenters. The fraction of sp³-hybridized carbons (Fsp3) is 0.507. The molecule has 0 spiro atoms. The van der Waals surface area contributed by atoms with Crippen molar-refractivity contribution < 1.29 is 48.7 Å². The van der Waals surface area contributed by atoms with Gasteiger partial charge in [-0.2, -0.15) is 0 Å². The van der Waals surface area contributed by atoms with Gasteiger partial charge in [-0.3, -0.25) is 0 Å². The van der Waals surface area contributed by atoms with Crippen molar-refractivity contribution in [1.29, 1.82) is 0 Å². The van der Waals surface area contributed by atoms with Crippen LogP contribution in [0.5, 0.6) is 0 Å². The molecule has 5 fully saturated rings. The summed E-state index contributed by atoms with van der Waals surface area (Å²) in [6.45, 7) is 26.7. The molecule has 0 heterocycles. The van der Waals surface area contributed by atoms with Gasteiger partial charge in [0.1, 0.15) is 6.29 Å². The van der Waals surface area contributed by atoms with Crippen molar-refractivity contribution in [3.05, 3.63) is 182 Å². The molecule has 0 aliphatic heterocycles. The predicted molar refractivity (Wildman–Crippen MR) is 367 cm³/mol. The fourth-order valence-corrected chi connectivity index (χ4v) is 26.3. The Morgan fingerprint density at radius 1 is 0.364 bits per heavy atom.